The van der Waals surface area contributed by atoms with E-state index in [9.17, 15) is 9.18 Å². The molecule has 0 saturated carbocycles. The topological polar surface area (TPSA) is 66.9 Å². The molecule has 66 valence electrons. The third kappa shape index (κ3) is 1.89. The molecule has 1 rings (SSSR count). The summed E-state index contributed by atoms with van der Waals surface area (Å²) in [6.45, 7) is -0.142. The first kappa shape index (κ1) is 9.36. The van der Waals surface area contributed by atoms with Crippen LogP contribution in [-0.4, -0.2) is 12.3 Å². The van der Waals surface area contributed by atoms with Crippen LogP contribution in [0.15, 0.2) is 18.2 Å². The lowest BCUT2D eigenvalue weighted by Crippen LogP contribution is -2.13. The number of nitrogens with two attached hydrogens (primary N) is 1. The van der Waals surface area contributed by atoms with Gasteiger partial charge in [-0.1, -0.05) is 0 Å². The Balaban J connectivity index is 3.15. The second kappa shape index (κ2) is 3.78. The number of ketones is 1. The van der Waals surface area contributed by atoms with Gasteiger partial charge in [0.1, 0.15) is 11.9 Å². The minimum absolute atomic E-state index is 0.140. The highest BCUT2D eigenvalue weighted by molar-refractivity contribution is 5.97. The number of carbonyl (C=O) groups excluding carboxylic acids is 1. The van der Waals surface area contributed by atoms with Crippen LogP contribution in [-0.2, 0) is 0 Å². The van der Waals surface area contributed by atoms with E-state index in [1.807, 2.05) is 0 Å². The molecule has 0 fully saturated rings. The maximum atomic E-state index is 12.8. The molecule has 3 nitrogen and oxygen atoms in total. The van der Waals surface area contributed by atoms with Gasteiger partial charge in [-0.25, -0.2) is 4.39 Å². The minimum Gasteiger partial charge on any atom is -0.324 e. The van der Waals surface area contributed by atoms with Crippen LogP contribution < -0.4 is 5.73 Å². The van der Waals surface area contributed by atoms with Crippen LogP contribution in [0, 0.1) is 17.1 Å². The molecule has 0 radical (unpaired) electrons. The summed E-state index contributed by atoms with van der Waals surface area (Å²) >= 11 is 0. The molecular weight excluding hydrogens is 171 g/mol. The monoisotopic (exact) mass is 178 g/mol. The van der Waals surface area contributed by atoms with E-state index >= 15 is 0 Å². The summed E-state index contributed by atoms with van der Waals surface area (Å²) in [4.78, 5) is 11.0. The van der Waals surface area contributed by atoms with Crippen LogP contribution in [0.4, 0.5) is 4.39 Å². The SMILES string of the molecule is N#Cc1cc(C(=O)CN)ccc1F. The van der Waals surface area contributed by atoms with E-state index < -0.39 is 5.82 Å². The van der Waals surface area contributed by atoms with Gasteiger partial charge in [0.2, 0.25) is 0 Å². The Morgan fingerprint density at radius 2 is 2.31 bits per heavy atom. The second-order valence-electron chi connectivity index (χ2n) is 2.43. The van der Waals surface area contributed by atoms with Gasteiger partial charge in [-0.05, 0) is 18.2 Å². The first-order chi connectivity index (χ1) is 6.19. The Labute approximate surface area is 74.6 Å². The van der Waals surface area contributed by atoms with E-state index in [1.54, 1.807) is 6.07 Å². The average molecular weight is 178 g/mol. The van der Waals surface area contributed by atoms with Crippen LogP contribution >= 0.6 is 0 Å². The van der Waals surface area contributed by atoms with Crippen LogP contribution in [0.2, 0.25) is 0 Å². The molecule has 2 N–H and O–H groups in total. The Morgan fingerprint density at radius 1 is 1.62 bits per heavy atom. The third-order valence-corrected chi connectivity index (χ3v) is 1.59. The van der Waals surface area contributed by atoms with Gasteiger partial charge < -0.3 is 5.73 Å². The number of Topliss-reactive ketones (excluding diaryl/α,β-unsaturated/α-hetero) is 1. The number of carbonyl (C=O) groups is 1. The van der Waals surface area contributed by atoms with Gasteiger partial charge in [0.15, 0.2) is 5.78 Å². The Hall–Kier alpha value is -1.73. The summed E-state index contributed by atoms with van der Waals surface area (Å²) in [6.07, 6.45) is 0. The number of hydrogen-bond acceptors (Lipinski definition) is 3. The van der Waals surface area contributed by atoms with Crippen molar-refractivity contribution in [2.24, 2.45) is 5.73 Å². The van der Waals surface area contributed by atoms with E-state index in [2.05, 4.69) is 0 Å². The molecule has 0 unspecified atom stereocenters. The molecule has 1 aromatic rings. The van der Waals surface area contributed by atoms with Crippen molar-refractivity contribution < 1.29 is 9.18 Å². The Morgan fingerprint density at radius 3 is 2.85 bits per heavy atom. The van der Waals surface area contributed by atoms with Crippen LogP contribution in [0.3, 0.4) is 0 Å². The molecule has 1 aromatic carbocycles. The Bertz CT molecular complexity index is 382. The highest BCUT2D eigenvalue weighted by Crippen LogP contribution is 2.09. The van der Waals surface area contributed by atoms with Gasteiger partial charge in [0.25, 0.3) is 0 Å². The largest absolute Gasteiger partial charge is 0.324 e. The maximum Gasteiger partial charge on any atom is 0.176 e. The molecule has 0 saturated heterocycles. The minimum atomic E-state index is -0.629. The van der Waals surface area contributed by atoms with Gasteiger partial charge in [0.05, 0.1) is 12.1 Å². The van der Waals surface area contributed by atoms with Crippen molar-refractivity contribution in [3.8, 4) is 6.07 Å². The normalized spacial score (nSPS) is 9.31. The fourth-order valence-electron chi connectivity index (χ4n) is 0.902. The standard InChI is InChI=1S/C9H7FN2O/c10-8-2-1-6(9(13)5-12)3-7(8)4-11/h1-3H,5,12H2. The van der Waals surface area contributed by atoms with E-state index in [4.69, 9.17) is 11.0 Å². The zero-order valence-electron chi connectivity index (χ0n) is 6.75. The summed E-state index contributed by atoms with van der Waals surface area (Å²) in [5.74, 6) is -0.937. The van der Waals surface area contributed by atoms with Gasteiger partial charge in [-0.15, -0.1) is 0 Å². The van der Waals surface area contributed by atoms with Crippen LogP contribution in [0.1, 0.15) is 15.9 Å². The average Bonchev–Trinajstić information content (AvgIpc) is 2.17. The first-order valence-electron chi connectivity index (χ1n) is 3.62. The van der Waals surface area contributed by atoms with E-state index in [0.717, 1.165) is 6.07 Å². The number of nitriles is 1. The lowest BCUT2D eigenvalue weighted by atomic mass is 10.1. The molecule has 0 heterocycles. The first-order valence-corrected chi connectivity index (χ1v) is 3.62. The fourth-order valence-corrected chi connectivity index (χ4v) is 0.902. The highest BCUT2D eigenvalue weighted by Gasteiger charge is 2.07. The molecule has 0 aliphatic heterocycles. The summed E-state index contributed by atoms with van der Waals surface area (Å²) in [5, 5.41) is 8.46. The van der Waals surface area contributed by atoms with Gasteiger partial charge >= 0.3 is 0 Å². The fraction of sp³-hybridized carbons (Fsp3) is 0.111. The molecule has 0 atom stereocenters. The molecule has 0 spiro atoms. The number of rotatable bonds is 2. The van der Waals surface area contributed by atoms with E-state index in [1.165, 1.54) is 12.1 Å². The second-order valence-corrected chi connectivity index (χ2v) is 2.43. The van der Waals surface area contributed by atoms with Crippen molar-refractivity contribution in [3.63, 3.8) is 0 Å². The predicted octanol–water partition coefficient (Wildman–Crippen LogP) is 0.839. The molecular formula is C9H7FN2O. The highest BCUT2D eigenvalue weighted by atomic mass is 19.1. The molecule has 0 bridgehead atoms. The molecule has 0 amide bonds. The van der Waals surface area contributed by atoms with Crippen molar-refractivity contribution in [3.05, 3.63) is 35.1 Å². The van der Waals surface area contributed by atoms with Gasteiger partial charge in [-0.3, -0.25) is 4.79 Å². The quantitative estimate of drug-likeness (QED) is 0.682. The number of nitrogens with zero attached hydrogens (tertiary/aromatic N) is 1. The van der Waals surface area contributed by atoms with Crippen LogP contribution in [0.25, 0.3) is 0 Å². The Kier molecular flexibility index (Phi) is 2.72. The van der Waals surface area contributed by atoms with Gasteiger partial charge in [0, 0.05) is 5.56 Å². The summed E-state index contributed by atoms with van der Waals surface area (Å²) < 4.78 is 12.8. The lowest BCUT2D eigenvalue weighted by Gasteiger charge is -1.98. The molecule has 0 aliphatic carbocycles. The zero-order chi connectivity index (χ0) is 9.84. The summed E-state index contributed by atoms with van der Waals surface area (Å²) in [7, 11) is 0. The number of hydrogen-bond donors (Lipinski definition) is 1. The molecule has 0 aromatic heterocycles. The lowest BCUT2D eigenvalue weighted by molar-refractivity contribution is 0.100. The summed E-state index contributed by atoms with van der Waals surface area (Å²) in [6, 6.07) is 5.24. The van der Waals surface area contributed by atoms with Gasteiger partial charge in [-0.2, -0.15) is 5.26 Å². The number of halogens is 1. The van der Waals surface area contributed by atoms with E-state index in [-0.39, 0.29) is 23.5 Å². The third-order valence-electron chi connectivity index (χ3n) is 1.59. The van der Waals surface area contributed by atoms with Crippen molar-refractivity contribution >= 4 is 5.78 Å². The van der Waals surface area contributed by atoms with Crippen LogP contribution in [0.5, 0.6) is 0 Å². The van der Waals surface area contributed by atoms with Crippen molar-refractivity contribution in [2.45, 2.75) is 0 Å². The van der Waals surface area contributed by atoms with Crippen molar-refractivity contribution in [1.29, 1.82) is 5.26 Å². The van der Waals surface area contributed by atoms with Crippen molar-refractivity contribution in [2.75, 3.05) is 6.54 Å². The number of benzene rings is 1. The molecule has 4 heteroatoms. The van der Waals surface area contributed by atoms with E-state index in [0.29, 0.717) is 0 Å². The molecule has 13 heavy (non-hydrogen) atoms. The molecule has 0 aliphatic rings. The smallest absolute Gasteiger partial charge is 0.176 e. The predicted molar refractivity (Wildman–Crippen MR) is 44.5 cm³/mol. The zero-order valence-corrected chi connectivity index (χ0v) is 6.75. The van der Waals surface area contributed by atoms with Crippen molar-refractivity contribution in [1.82, 2.24) is 0 Å². The maximum absolute atomic E-state index is 12.8. The summed E-state index contributed by atoms with van der Waals surface area (Å²) in [5.41, 5.74) is 5.23.